The second-order valence-electron chi connectivity index (χ2n) is 7.96. The van der Waals surface area contributed by atoms with Gasteiger partial charge in [-0.3, -0.25) is 14.4 Å². The number of hydrogen-bond acceptors (Lipinski definition) is 9. The topological polar surface area (TPSA) is 138 Å². The molecule has 182 valence electrons. The summed E-state index contributed by atoms with van der Waals surface area (Å²) < 4.78 is 27.7. The molecule has 1 fully saturated rings. The molecule has 0 saturated heterocycles. The molecule has 1 aliphatic carbocycles. The van der Waals surface area contributed by atoms with Crippen molar-refractivity contribution in [3.05, 3.63) is 41.0 Å². The Kier molecular flexibility index (Phi) is 5.84. The van der Waals surface area contributed by atoms with Gasteiger partial charge in [-0.25, -0.2) is 4.98 Å². The zero-order valence-corrected chi connectivity index (χ0v) is 20.0. The van der Waals surface area contributed by atoms with Crippen molar-refractivity contribution in [2.75, 3.05) is 38.8 Å². The highest BCUT2D eigenvalue weighted by molar-refractivity contribution is 7.13. The molecule has 3 aromatic rings. The van der Waals surface area contributed by atoms with Gasteiger partial charge < -0.3 is 25.6 Å². The molecule has 1 aromatic carbocycles. The molecule has 0 spiro atoms. The lowest BCUT2D eigenvalue weighted by molar-refractivity contribution is -0.117. The number of hydrogen-bond donors (Lipinski definition) is 3. The lowest BCUT2D eigenvalue weighted by Crippen LogP contribution is -2.22. The first kappa shape index (κ1) is 20.3. The Morgan fingerprint density at radius 1 is 1.20 bits per heavy atom. The number of aromatic nitrogens is 3. The van der Waals surface area contributed by atoms with Crippen LogP contribution in [0.3, 0.4) is 0 Å². The maximum absolute atomic E-state index is 12.7. The molecule has 12 heteroatoms. The van der Waals surface area contributed by atoms with Gasteiger partial charge in [-0.15, -0.1) is 21.5 Å². The molecular formula is C23H25N7O4S. The number of thiazole rings is 1. The van der Waals surface area contributed by atoms with Crippen LogP contribution in [0.25, 0.3) is 10.6 Å². The van der Waals surface area contributed by atoms with Crippen molar-refractivity contribution >= 4 is 46.3 Å². The van der Waals surface area contributed by atoms with E-state index in [1.54, 1.807) is 37.7 Å². The van der Waals surface area contributed by atoms with E-state index < -0.39 is 12.9 Å². The van der Waals surface area contributed by atoms with Crippen LogP contribution in [0.2, 0.25) is 0 Å². The van der Waals surface area contributed by atoms with Gasteiger partial charge in [0.25, 0.3) is 11.8 Å². The number of anilines is 3. The fourth-order valence-electron chi connectivity index (χ4n) is 3.24. The van der Waals surface area contributed by atoms with E-state index in [2.05, 4.69) is 25.8 Å². The van der Waals surface area contributed by atoms with Crippen molar-refractivity contribution in [2.45, 2.75) is 12.8 Å². The summed E-state index contributed by atoms with van der Waals surface area (Å²) in [6.07, 6.45) is 1.57. The quantitative estimate of drug-likeness (QED) is 0.431. The molecule has 35 heavy (non-hydrogen) atoms. The zero-order chi connectivity index (χ0) is 27.6. The second kappa shape index (κ2) is 10.1. The summed E-state index contributed by atoms with van der Waals surface area (Å²) in [5.41, 5.74) is 1.06. The van der Waals surface area contributed by atoms with Crippen molar-refractivity contribution in [3.63, 3.8) is 0 Å². The fourth-order valence-corrected chi connectivity index (χ4v) is 4.06. The molecule has 0 atom stereocenters. The van der Waals surface area contributed by atoms with Gasteiger partial charge in [-0.05, 0) is 25.0 Å². The van der Waals surface area contributed by atoms with Crippen molar-refractivity contribution in [2.24, 2.45) is 5.92 Å². The number of nitrogens with one attached hydrogen (secondary N) is 3. The van der Waals surface area contributed by atoms with Crippen LogP contribution in [0.5, 0.6) is 5.75 Å². The van der Waals surface area contributed by atoms with Crippen LogP contribution in [-0.2, 0) is 4.79 Å². The third-order valence-corrected chi connectivity index (χ3v) is 6.05. The summed E-state index contributed by atoms with van der Waals surface area (Å²) >= 11 is 1.26. The highest BCUT2D eigenvalue weighted by atomic mass is 32.1. The molecule has 2 aromatic heterocycles. The van der Waals surface area contributed by atoms with Gasteiger partial charge in [0.15, 0.2) is 17.3 Å². The second-order valence-corrected chi connectivity index (χ2v) is 8.82. The standard InChI is InChI=1S/C23H25N7O4S/c1-24-21(32)18-15(10-17(28-29-18)27-20(31)12-8-9-12)25-14-7-5-6-13(19(14)34-4)22-26-16(11-35-22)23(33)30(2)3/h5-7,10-12H,8-9H2,1-4H3,(H,24,32)(H2,25,27,28,31)/i1D3. The van der Waals surface area contributed by atoms with Crippen LogP contribution >= 0.6 is 11.3 Å². The lowest BCUT2D eigenvalue weighted by atomic mass is 10.1. The molecule has 3 amide bonds. The first-order valence-electron chi connectivity index (χ1n) is 12.1. The van der Waals surface area contributed by atoms with E-state index in [0.29, 0.717) is 22.0 Å². The summed E-state index contributed by atoms with van der Waals surface area (Å²) in [6.45, 7) is -2.75. The molecule has 0 unspecified atom stereocenters. The summed E-state index contributed by atoms with van der Waals surface area (Å²) in [5.74, 6) is -1.08. The minimum Gasteiger partial charge on any atom is -0.494 e. The van der Waals surface area contributed by atoms with E-state index in [0.717, 1.165) is 12.8 Å². The zero-order valence-electron chi connectivity index (χ0n) is 22.2. The highest BCUT2D eigenvalue weighted by Gasteiger charge is 2.30. The molecule has 11 nitrogen and oxygen atoms in total. The molecule has 1 aliphatic rings. The van der Waals surface area contributed by atoms with Crippen LogP contribution in [0.1, 0.15) is 37.9 Å². The van der Waals surface area contributed by atoms with Gasteiger partial charge in [0.2, 0.25) is 5.91 Å². The van der Waals surface area contributed by atoms with Gasteiger partial charge in [-0.1, -0.05) is 6.07 Å². The predicted octanol–water partition coefficient (Wildman–Crippen LogP) is 2.76. The molecular weight excluding hydrogens is 470 g/mol. The number of rotatable bonds is 8. The molecule has 1 saturated carbocycles. The highest BCUT2D eigenvalue weighted by Crippen LogP contribution is 2.39. The number of methoxy groups -OCH3 is 1. The van der Waals surface area contributed by atoms with Crippen LogP contribution in [-0.4, -0.2) is 66.0 Å². The number of ether oxygens (including phenoxy) is 1. The summed E-state index contributed by atoms with van der Waals surface area (Å²) in [5, 5.41) is 17.6. The summed E-state index contributed by atoms with van der Waals surface area (Å²) in [6, 6.07) is 6.56. The average molecular weight is 499 g/mol. The Morgan fingerprint density at radius 3 is 2.69 bits per heavy atom. The van der Waals surface area contributed by atoms with Crippen molar-refractivity contribution < 1.29 is 23.2 Å². The Hall–Kier alpha value is -4.06. The van der Waals surface area contributed by atoms with E-state index in [9.17, 15) is 14.4 Å². The monoisotopic (exact) mass is 498 g/mol. The minimum atomic E-state index is -2.75. The van der Waals surface area contributed by atoms with E-state index in [1.807, 2.05) is 5.32 Å². The van der Waals surface area contributed by atoms with Crippen LogP contribution in [0.15, 0.2) is 29.6 Å². The first-order chi connectivity index (χ1) is 18.0. The Balaban J connectivity index is 1.71. The molecule has 0 bridgehead atoms. The third-order valence-electron chi connectivity index (χ3n) is 5.17. The maximum Gasteiger partial charge on any atom is 0.273 e. The van der Waals surface area contributed by atoms with Gasteiger partial charge in [0.05, 0.1) is 24.0 Å². The third kappa shape index (κ3) is 5.22. The van der Waals surface area contributed by atoms with Crippen LogP contribution < -0.4 is 20.7 Å². The predicted molar refractivity (Wildman–Crippen MR) is 132 cm³/mol. The van der Waals surface area contributed by atoms with Gasteiger partial charge in [-0.2, -0.15) is 0 Å². The number of para-hydroxylation sites is 1. The number of carbonyl (C=O) groups is 3. The number of benzene rings is 1. The normalized spacial score (nSPS) is 14.2. The Morgan fingerprint density at radius 2 is 2.00 bits per heavy atom. The molecule has 0 radical (unpaired) electrons. The lowest BCUT2D eigenvalue weighted by Gasteiger charge is -2.16. The van der Waals surface area contributed by atoms with E-state index in [4.69, 9.17) is 8.85 Å². The molecule has 3 N–H and O–H groups in total. The maximum atomic E-state index is 12.7. The molecule has 2 heterocycles. The van der Waals surface area contributed by atoms with E-state index in [-0.39, 0.29) is 40.6 Å². The molecule has 0 aliphatic heterocycles. The van der Waals surface area contributed by atoms with Crippen molar-refractivity contribution in [3.8, 4) is 16.3 Å². The SMILES string of the molecule is [2H]C([2H])([2H])NC(=O)c1nnc(NC(=O)C2CC2)cc1Nc1cccc(-c2nc(C(=O)N(C)C)cs2)c1OC. The average Bonchev–Trinajstić information content (AvgIpc) is 3.59. The van der Waals surface area contributed by atoms with Gasteiger partial charge in [0.1, 0.15) is 10.7 Å². The van der Waals surface area contributed by atoms with Crippen molar-refractivity contribution in [1.82, 2.24) is 25.4 Å². The summed E-state index contributed by atoms with van der Waals surface area (Å²) in [4.78, 5) is 43.1. The van der Waals surface area contributed by atoms with Gasteiger partial charge in [0, 0.05) is 42.5 Å². The Bertz CT molecular complexity index is 1390. The number of amides is 3. The smallest absolute Gasteiger partial charge is 0.273 e. The Labute approximate surface area is 210 Å². The van der Waals surface area contributed by atoms with Crippen molar-refractivity contribution in [1.29, 1.82) is 0 Å². The van der Waals surface area contributed by atoms with Crippen LogP contribution in [0.4, 0.5) is 17.2 Å². The number of carbonyl (C=O) groups excluding carboxylic acids is 3. The van der Waals surface area contributed by atoms with E-state index in [1.165, 1.54) is 29.4 Å². The largest absolute Gasteiger partial charge is 0.494 e. The first-order valence-corrected chi connectivity index (χ1v) is 11.5. The van der Waals surface area contributed by atoms with E-state index >= 15 is 0 Å². The molecule has 4 rings (SSSR count). The van der Waals surface area contributed by atoms with Crippen LogP contribution in [0, 0.1) is 5.92 Å². The minimum absolute atomic E-state index is 0.0888. The van der Waals surface area contributed by atoms with Gasteiger partial charge >= 0.3 is 0 Å². The summed E-state index contributed by atoms with van der Waals surface area (Å²) in [7, 11) is 4.73. The fraction of sp³-hybridized carbons (Fsp3) is 0.304. The number of nitrogens with zero attached hydrogens (tertiary/aromatic N) is 4.